The van der Waals surface area contributed by atoms with E-state index >= 15 is 0 Å². The molecular weight excluding hydrogens is 330 g/mol. The van der Waals surface area contributed by atoms with E-state index in [-0.39, 0.29) is 5.91 Å². The van der Waals surface area contributed by atoms with Crippen LogP contribution in [-0.4, -0.2) is 34.1 Å². The third-order valence-electron chi connectivity index (χ3n) is 4.87. The molecule has 1 atom stereocenters. The van der Waals surface area contributed by atoms with E-state index < -0.39 is 0 Å². The summed E-state index contributed by atoms with van der Waals surface area (Å²) in [6, 6.07) is 12.4. The molecule has 3 aromatic rings. The van der Waals surface area contributed by atoms with Crippen LogP contribution in [0.5, 0.6) is 0 Å². The van der Waals surface area contributed by atoms with E-state index in [1.165, 1.54) is 5.56 Å². The highest BCUT2D eigenvalue weighted by Crippen LogP contribution is 2.33. The molecule has 1 aromatic carbocycles. The summed E-state index contributed by atoms with van der Waals surface area (Å²) < 4.78 is 0. The second-order valence-electron chi connectivity index (χ2n) is 6.55. The van der Waals surface area contributed by atoms with Crippen molar-refractivity contribution in [2.24, 2.45) is 0 Å². The van der Waals surface area contributed by atoms with Gasteiger partial charge in [-0.05, 0) is 40.8 Å². The molecule has 4 rings (SSSR count). The quantitative estimate of drug-likeness (QED) is 0.770. The summed E-state index contributed by atoms with van der Waals surface area (Å²) in [5.41, 5.74) is 4.59. The topological polar surface area (TPSA) is 49.0 Å². The highest BCUT2D eigenvalue weighted by atomic mass is 32.1. The fourth-order valence-electron chi connectivity index (χ4n) is 3.57. The van der Waals surface area contributed by atoms with Gasteiger partial charge in [0.2, 0.25) is 5.91 Å². The lowest BCUT2D eigenvalue weighted by Crippen LogP contribution is -2.40. The van der Waals surface area contributed by atoms with Crippen molar-refractivity contribution in [1.29, 1.82) is 0 Å². The zero-order valence-corrected chi connectivity index (χ0v) is 14.8. The molecule has 3 heterocycles. The number of carbonyl (C=O) groups excluding carboxylic acids is 1. The molecule has 1 amide bonds. The second kappa shape index (κ2) is 7.23. The maximum atomic E-state index is 12.6. The lowest BCUT2D eigenvalue weighted by Gasteiger charge is -2.32. The van der Waals surface area contributed by atoms with Gasteiger partial charge in [-0.15, -0.1) is 0 Å². The molecule has 2 aromatic heterocycles. The lowest BCUT2D eigenvalue weighted by molar-refractivity contribution is -0.131. The summed E-state index contributed by atoms with van der Waals surface area (Å²) in [4.78, 5) is 14.7. The van der Waals surface area contributed by atoms with Gasteiger partial charge in [-0.1, -0.05) is 30.3 Å². The molecular formula is C20H21N3OS. The average molecular weight is 351 g/mol. The van der Waals surface area contributed by atoms with Gasteiger partial charge in [0.25, 0.3) is 0 Å². The van der Waals surface area contributed by atoms with Crippen LogP contribution in [0.15, 0.2) is 53.4 Å². The summed E-state index contributed by atoms with van der Waals surface area (Å²) in [6.07, 6.45) is 4.53. The van der Waals surface area contributed by atoms with Crippen molar-refractivity contribution in [3.8, 4) is 11.1 Å². The fraction of sp³-hybridized carbons (Fsp3) is 0.300. The first-order valence-electron chi connectivity index (χ1n) is 8.69. The van der Waals surface area contributed by atoms with E-state index in [1.54, 1.807) is 11.3 Å². The van der Waals surface area contributed by atoms with Crippen LogP contribution >= 0.6 is 11.3 Å². The molecule has 0 radical (unpaired) electrons. The fourth-order valence-corrected chi connectivity index (χ4v) is 4.24. The van der Waals surface area contributed by atoms with Crippen molar-refractivity contribution in [2.45, 2.75) is 25.2 Å². The molecule has 0 spiro atoms. The first-order valence-corrected chi connectivity index (χ1v) is 9.63. The van der Waals surface area contributed by atoms with E-state index in [4.69, 9.17) is 0 Å². The van der Waals surface area contributed by atoms with Gasteiger partial charge in [-0.2, -0.15) is 16.4 Å². The Hall–Kier alpha value is -2.40. The third kappa shape index (κ3) is 3.51. The van der Waals surface area contributed by atoms with Crippen LogP contribution in [0.3, 0.4) is 0 Å². The number of H-pyrrole nitrogens is 1. The van der Waals surface area contributed by atoms with Crippen molar-refractivity contribution >= 4 is 17.2 Å². The molecule has 4 nitrogen and oxygen atoms in total. The number of carbonyl (C=O) groups is 1. The Balaban J connectivity index is 1.50. The maximum Gasteiger partial charge on any atom is 0.227 e. The Morgan fingerprint density at radius 3 is 2.96 bits per heavy atom. The smallest absolute Gasteiger partial charge is 0.227 e. The Morgan fingerprint density at radius 1 is 1.28 bits per heavy atom. The van der Waals surface area contributed by atoms with Gasteiger partial charge in [0.1, 0.15) is 0 Å². The number of rotatable bonds is 4. The standard InChI is InChI=1S/C20H21N3OS/c24-19(11-15-8-10-25-14-15)23-9-4-7-17(13-23)20-18(12-21-22-20)16-5-2-1-3-6-16/h1-3,5-6,8,10,12,14,17H,4,7,9,11,13H2,(H,21,22)/t17-/m0/s1. The van der Waals surface area contributed by atoms with E-state index in [9.17, 15) is 4.79 Å². The maximum absolute atomic E-state index is 12.6. The van der Waals surface area contributed by atoms with E-state index in [2.05, 4.69) is 27.7 Å². The molecule has 0 bridgehead atoms. The predicted molar refractivity (Wildman–Crippen MR) is 101 cm³/mol. The largest absolute Gasteiger partial charge is 0.342 e. The minimum atomic E-state index is 0.226. The Morgan fingerprint density at radius 2 is 2.16 bits per heavy atom. The molecule has 0 unspecified atom stereocenters. The molecule has 128 valence electrons. The van der Waals surface area contributed by atoms with Gasteiger partial charge < -0.3 is 4.90 Å². The molecule has 25 heavy (non-hydrogen) atoms. The highest BCUT2D eigenvalue weighted by Gasteiger charge is 2.27. The zero-order valence-electron chi connectivity index (χ0n) is 14.0. The van der Waals surface area contributed by atoms with Crippen molar-refractivity contribution in [3.63, 3.8) is 0 Å². The number of nitrogens with one attached hydrogen (secondary N) is 1. The van der Waals surface area contributed by atoms with E-state index in [0.717, 1.165) is 42.8 Å². The summed E-state index contributed by atoms with van der Waals surface area (Å²) in [7, 11) is 0. The van der Waals surface area contributed by atoms with Gasteiger partial charge >= 0.3 is 0 Å². The van der Waals surface area contributed by atoms with Crippen molar-refractivity contribution in [2.75, 3.05) is 13.1 Å². The minimum Gasteiger partial charge on any atom is -0.342 e. The summed E-state index contributed by atoms with van der Waals surface area (Å²) in [5, 5.41) is 11.6. The van der Waals surface area contributed by atoms with E-state index in [0.29, 0.717) is 12.3 Å². The number of benzene rings is 1. The molecule has 1 N–H and O–H groups in total. The van der Waals surface area contributed by atoms with Crippen LogP contribution in [0.1, 0.15) is 30.0 Å². The molecule has 5 heteroatoms. The van der Waals surface area contributed by atoms with Crippen LogP contribution < -0.4 is 0 Å². The summed E-state index contributed by atoms with van der Waals surface area (Å²) in [5.74, 6) is 0.543. The third-order valence-corrected chi connectivity index (χ3v) is 5.60. The SMILES string of the molecule is O=C(Cc1ccsc1)N1CCC[C@H](c2[nH]ncc2-c2ccccc2)C1. The Labute approximate surface area is 151 Å². The van der Waals surface area contributed by atoms with E-state index in [1.807, 2.05) is 40.7 Å². The van der Waals surface area contributed by atoms with Crippen molar-refractivity contribution in [3.05, 3.63) is 64.6 Å². The Bertz CT molecular complexity index is 826. The molecule has 1 saturated heterocycles. The van der Waals surface area contributed by atoms with Crippen LogP contribution in [0.2, 0.25) is 0 Å². The minimum absolute atomic E-state index is 0.226. The number of thiophene rings is 1. The van der Waals surface area contributed by atoms with Crippen LogP contribution in [-0.2, 0) is 11.2 Å². The number of aromatic nitrogens is 2. The summed E-state index contributed by atoms with van der Waals surface area (Å²) in [6.45, 7) is 1.62. The lowest BCUT2D eigenvalue weighted by atomic mass is 9.90. The summed E-state index contributed by atoms with van der Waals surface area (Å²) >= 11 is 1.64. The first kappa shape index (κ1) is 16.1. The first-order chi connectivity index (χ1) is 12.3. The van der Waals surface area contributed by atoms with Crippen LogP contribution in [0.4, 0.5) is 0 Å². The van der Waals surface area contributed by atoms with Gasteiger partial charge in [0.15, 0.2) is 0 Å². The number of likely N-dealkylation sites (tertiary alicyclic amines) is 1. The van der Waals surface area contributed by atoms with Crippen molar-refractivity contribution in [1.82, 2.24) is 15.1 Å². The van der Waals surface area contributed by atoms with Gasteiger partial charge in [-0.25, -0.2) is 0 Å². The second-order valence-corrected chi connectivity index (χ2v) is 7.33. The molecule has 0 saturated carbocycles. The number of amides is 1. The number of aromatic amines is 1. The predicted octanol–water partition coefficient (Wildman–Crippen LogP) is 4.09. The zero-order chi connectivity index (χ0) is 17.1. The number of hydrogen-bond acceptors (Lipinski definition) is 3. The number of hydrogen-bond donors (Lipinski definition) is 1. The monoisotopic (exact) mass is 351 g/mol. The molecule has 0 aliphatic carbocycles. The van der Waals surface area contributed by atoms with Gasteiger partial charge in [-0.3, -0.25) is 9.89 Å². The molecule has 1 aliphatic rings. The number of piperidine rings is 1. The van der Waals surface area contributed by atoms with Crippen LogP contribution in [0, 0.1) is 0 Å². The normalized spacial score (nSPS) is 17.6. The van der Waals surface area contributed by atoms with Gasteiger partial charge in [0.05, 0.1) is 12.6 Å². The van der Waals surface area contributed by atoms with Crippen molar-refractivity contribution < 1.29 is 4.79 Å². The Kier molecular flexibility index (Phi) is 4.65. The highest BCUT2D eigenvalue weighted by molar-refractivity contribution is 7.08. The number of nitrogens with zero attached hydrogens (tertiary/aromatic N) is 2. The van der Waals surface area contributed by atoms with Crippen LogP contribution in [0.25, 0.3) is 11.1 Å². The van der Waals surface area contributed by atoms with Gasteiger partial charge in [0, 0.05) is 30.3 Å². The molecule has 1 aliphatic heterocycles. The molecule has 1 fully saturated rings. The average Bonchev–Trinajstić information content (AvgIpc) is 3.34.